The lowest BCUT2D eigenvalue weighted by atomic mass is 10.2. The zero-order chi connectivity index (χ0) is 15.1. The Bertz CT molecular complexity index is 596. The molecule has 0 saturated heterocycles. The molecule has 0 aliphatic rings. The van der Waals surface area contributed by atoms with Gasteiger partial charge in [-0.15, -0.1) is 0 Å². The topological polar surface area (TPSA) is 60.7 Å². The summed E-state index contributed by atoms with van der Waals surface area (Å²) in [6.07, 6.45) is 0.738. The SMILES string of the molecule is COCCOCCCNC(=O)c1cc2cc(Cl)ccc2o1. The highest BCUT2D eigenvalue weighted by molar-refractivity contribution is 6.31. The Hall–Kier alpha value is -1.56. The second-order valence-corrected chi connectivity index (χ2v) is 4.94. The Balaban J connectivity index is 1.77. The van der Waals surface area contributed by atoms with Crippen LogP contribution in [0.4, 0.5) is 0 Å². The molecular formula is C15H18ClNO4. The summed E-state index contributed by atoms with van der Waals surface area (Å²) < 4.78 is 15.6. The number of amides is 1. The van der Waals surface area contributed by atoms with E-state index < -0.39 is 0 Å². The lowest BCUT2D eigenvalue weighted by Crippen LogP contribution is -2.24. The van der Waals surface area contributed by atoms with Gasteiger partial charge in [0.2, 0.25) is 0 Å². The molecule has 1 aromatic heterocycles. The molecule has 0 radical (unpaired) electrons. The van der Waals surface area contributed by atoms with Gasteiger partial charge in [0.15, 0.2) is 5.76 Å². The van der Waals surface area contributed by atoms with Crippen molar-refractivity contribution in [2.75, 3.05) is 33.5 Å². The first kappa shape index (κ1) is 15.8. The molecule has 21 heavy (non-hydrogen) atoms. The Morgan fingerprint density at radius 3 is 2.95 bits per heavy atom. The van der Waals surface area contributed by atoms with Gasteiger partial charge < -0.3 is 19.2 Å². The first-order chi connectivity index (χ1) is 10.2. The van der Waals surface area contributed by atoms with Crippen LogP contribution in [0.1, 0.15) is 17.0 Å². The van der Waals surface area contributed by atoms with Gasteiger partial charge in [-0.1, -0.05) is 11.6 Å². The molecule has 0 spiro atoms. The van der Waals surface area contributed by atoms with E-state index in [0.717, 1.165) is 11.8 Å². The van der Waals surface area contributed by atoms with Crippen molar-refractivity contribution < 1.29 is 18.7 Å². The maximum Gasteiger partial charge on any atom is 0.287 e. The average Bonchev–Trinajstić information content (AvgIpc) is 2.89. The fourth-order valence-corrected chi connectivity index (χ4v) is 2.01. The van der Waals surface area contributed by atoms with E-state index in [1.54, 1.807) is 31.4 Å². The maximum atomic E-state index is 11.9. The van der Waals surface area contributed by atoms with Crippen LogP contribution >= 0.6 is 11.6 Å². The van der Waals surface area contributed by atoms with Crippen molar-refractivity contribution in [2.45, 2.75) is 6.42 Å². The maximum absolute atomic E-state index is 11.9. The number of fused-ring (bicyclic) bond motifs is 1. The van der Waals surface area contributed by atoms with E-state index in [0.29, 0.717) is 37.0 Å². The smallest absolute Gasteiger partial charge is 0.287 e. The van der Waals surface area contributed by atoms with E-state index in [-0.39, 0.29) is 11.7 Å². The predicted molar refractivity (Wildman–Crippen MR) is 80.9 cm³/mol. The van der Waals surface area contributed by atoms with Gasteiger partial charge in [-0.3, -0.25) is 4.79 Å². The van der Waals surface area contributed by atoms with Gasteiger partial charge >= 0.3 is 0 Å². The van der Waals surface area contributed by atoms with Crippen molar-refractivity contribution in [3.05, 3.63) is 35.0 Å². The third kappa shape index (κ3) is 4.74. The van der Waals surface area contributed by atoms with Crippen molar-refractivity contribution in [1.82, 2.24) is 5.32 Å². The minimum absolute atomic E-state index is 0.237. The van der Waals surface area contributed by atoms with Crippen molar-refractivity contribution in [1.29, 1.82) is 0 Å². The van der Waals surface area contributed by atoms with Gasteiger partial charge in [-0.2, -0.15) is 0 Å². The Kier molecular flexibility index (Phi) is 6.04. The fourth-order valence-electron chi connectivity index (χ4n) is 1.83. The highest BCUT2D eigenvalue weighted by Crippen LogP contribution is 2.22. The largest absolute Gasteiger partial charge is 0.451 e. The van der Waals surface area contributed by atoms with Crippen LogP contribution in [0.15, 0.2) is 28.7 Å². The standard InChI is InChI=1S/C15H18ClNO4/c1-19-7-8-20-6-2-5-17-15(18)14-10-11-9-12(16)3-4-13(11)21-14/h3-4,9-10H,2,5-8H2,1H3,(H,17,18). The average molecular weight is 312 g/mol. The van der Waals surface area contributed by atoms with Gasteiger partial charge in [0, 0.05) is 30.7 Å². The van der Waals surface area contributed by atoms with Gasteiger partial charge in [-0.25, -0.2) is 0 Å². The number of ether oxygens (including phenoxy) is 2. The molecule has 114 valence electrons. The van der Waals surface area contributed by atoms with E-state index in [1.165, 1.54) is 0 Å². The van der Waals surface area contributed by atoms with Crippen LogP contribution in [0.25, 0.3) is 11.0 Å². The van der Waals surface area contributed by atoms with Crippen molar-refractivity contribution in [2.24, 2.45) is 0 Å². The molecule has 0 saturated carbocycles. The summed E-state index contributed by atoms with van der Waals surface area (Å²) in [6, 6.07) is 6.93. The summed E-state index contributed by atoms with van der Waals surface area (Å²) in [4.78, 5) is 11.9. The summed E-state index contributed by atoms with van der Waals surface area (Å²) in [6.45, 7) is 2.26. The van der Waals surface area contributed by atoms with Gasteiger partial charge in [0.25, 0.3) is 5.91 Å². The first-order valence-electron chi connectivity index (χ1n) is 6.74. The minimum atomic E-state index is -0.237. The molecule has 0 atom stereocenters. The van der Waals surface area contributed by atoms with Crippen LogP contribution in [-0.4, -0.2) is 39.4 Å². The third-order valence-electron chi connectivity index (χ3n) is 2.88. The van der Waals surface area contributed by atoms with E-state index in [9.17, 15) is 4.79 Å². The second kappa shape index (κ2) is 8.02. The van der Waals surface area contributed by atoms with Crippen molar-refractivity contribution in [3.63, 3.8) is 0 Å². The number of halogens is 1. The number of furan rings is 1. The summed E-state index contributed by atoms with van der Waals surface area (Å²) in [5, 5.41) is 4.22. The Morgan fingerprint density at radius 1 is 1.29 bits per heavy atom. The normalized spacial score (nSPS) is 11.0. The number of benzene rings is 1. The monoisotopic (exact) mass is 311 g/mol. The number of nitrogens with one attached hydrogen (secondary N) is 1. The molecular weight excluding hydrogens is 294 g/mol. The number of hydrogen-bond acceptors (Lipinski definition) is 4. The van der Waals surface area contributed by atoms with Crippen LogP contribution in [0, 0.1) is 0 Å². The zero-order valence-corrected chi connectivity index (χ0v) is 12.6. The second-order valence-electron chi connectivity index (χ2n) is 4.51. The molecule has 0 unspecified atom stereocenters. The van der Waals surface area contributed by atoms with Gasteiger partial charge in [0.1, 0.15) is 5.58 Å². The molecule has 6 heteroatoms. The molecule has 2 rings (SSSR count). The lowest BCUT2D eigenvalue weighted by Gasteiger charge is -2.04. The molecule has 1 amide bonds. The van der Waals surface area contributed by atoms with Crippen LogP contribution in [0.3, 0.4) is 0 Å². The number of carbonyl (C=O) groups is 1. The highest BCUT2D eigenvalue weighted by atomic mass is 35.5. The number of carbonyl (C=O) groups excluding carboxylic acids is 1. The predicted octanol–water partition coefficient (Wildman–Crippen LogP) is 2.87. The van der Waals surface area contributed by atoms with Gasteiger partial charge in [0.05, 0.1) is 13.2 Å². The summed E-state index contributed by atoms with van der Waals surface area (Å²) in [5.74, 6) is 0.0479. The number of rotatable bonds is 8. The van der Waals surface area contributed by atoms with E-state index in [4.69, 9.17) is 25.5 Å². The number of methoxy groups -OCH3 is 1. The van der Waals surface area contributed by atoms with Crippen molar-refractivity contribution >= 4 is 28.5 Å². The molecule has 1 aromatic carbocycles. The molecule has 5 nitrogen and oxygen atoms in total. The lowest BCUT2D eigenvalue weighted by molar-refractivity contribution is 0.0687. The molecule has 0 aliphatic heterocycles. The van der Waals surface area contributed by atoms with Crippen LogP contribution < -0.4 is 5.32 Å². The molecule has 0 aliphatic carbocycles. The summed E-state index contributed by atoms with van der Waals surface area (Å²) in [5.41, 5.74) is 0.646. The highest BCUT2D eigenvalue weighted by Gasteiger charge is 2.11. The van der Waals surface area contributed by atoms with Crippen molar-refractivity contribution in [3.8, 4) is 0 Å². The quantitative estimate of drug-likeness (QED) is 0.762. The van der Waals surface area contributed by atoms with Crippen LogP contribution in [-0.2, 0) is 9.47 Å². The third-order valence-corrected chi connectivity index (χ3v) is 3.12. The Labute approximate surface area is 128 Å². The van der Waals surface area contributed by atoms with E-state index in [2.05, 4.69) is 5.32 Å². The zero-order valence-electron chi connectivity index (χ0n) is 11.9. The molecule has 0 bridgehead atoms. The Morgan fingerprint density at radius 2 is 2.14 bits per heavy atom. The number of hydrogen-bond donors (Lipinski definition) is 1. The molecule has 1 heterocycles. The van der Waals surface area contributed by atoms with E-state index >= 15 is 0 Å². The molecule has 0 fully saturated rings. The van der Waals surface area contributed by atoms with Crippen LogP contribution in [0.5, 0.6) is 0 Å². The summed E-state index contributed by atoms with van der Waals surface area (Å²) in [7, 11) is 1.63. The van der Waals surface area contributed by atoms with Gasteiger partial charge in [-0.05, 0) is 30.7 Å². The fraction of sp³-hybridized carbons (Fsp3) is 0.400. The first-order valence-corrected chi connectivity index (χ1v) is 7.12. The molecule has 2 aromatic rings. The van der Waals surface area contributed by atoms with Crippen LogP contribution in [0.2, 0.25) is 5.02 Å². The van der Waals surface area contributed by atoms with E-state index in [1.807, 2.05) is 0 Å². The minimum Gasteiger partial charge on any atom is -0.451 e. The summed E-state index contributed by atoms with van der Waals surface area (Å²) >= 11 is 5.90. The molecule has 1 N–H and O–H groups in total.